The van der Waals surface area contributed by atoms with Crippen LogP contribution in [0.5, 0.6) is 5.75 Å². The molecule has 2 aromatic carbocycles. The van der Waals surface area contributed by atoms with E-state index in [4.69, 9.17) is 10.5 Å². The standard InChI is InChI=1S/C26H36N2O/c1-4-11-24(17-15-22-12-7-5-8-13-22)28-19-10-6-9-14-23-16-18-26(29-3)25(20-23)21(2)27/h5,7-8,11-13,16,18,20,28H,2,4,6,9-10,14-15,17,19,27H2,1,3H3. The highest BCUT2D eigenvalue weighted by Gasteiger charge is 2.06. The van der Waals surface area contributed by atoms with Crippen LogP contribution in [0.15, 0.2) is 66.9 Å². The molecule has 3 heteroatoms. The number of hydrogen-bond acceptors (Lipinski definition) is 3. The van der Waals surface area contributed by atoms with Gasteiger partial charge in [-0.3, -0.25) is 0 Å². The second kappa shape index (κ2) is 12.7. The third-order valence-electron chi connectivity index (χ3n) is 5.08. The highest BCUT2D eigenvalue weighted by Crippen LogP contribution is 2.24. The average molecular weight is 393 g/mol. The first kappa shape index (κ1) is 22.6. The highest BCUT2D eigenvalue weighted by molar-refractivity contribution is 5.66. The van der Waals surface area contributed by atoms with Gasteiger partial charge in [0.15, 0.2) is 0 Å². The van der Waals surface area contributed by atoms with Crippen molar-refractivity contribution in [1.82, 2.24) is 5.32 Å². The molecule has 0 unspecified atom stereocenters. The topological polar surface area (TPSA) is 47.3 Å². The molecule has 3 nitrogen and oxygen atoms in total. The molecule has 0 aromatic heterocycles. The SMILES string of the molecule is C=C(N)c1cc(CCCCCNC(=CCC)CCc2ccccc2)ccc1OC. The predicted octanol–water partition coefficient (Wildman–Crippen LogP) is 5.85. The van der Waals surface area contributed by atoms with E-state index in [9.17, 15) is 0 Å². The minimum absolute atomic E-state index is 0.554. The first-order valence-electron chi connectivity index (χ1n) is 10.7. The van der Waals surface area contributed by atoms with Gasteiger partial charge in [0.05, 0.1) is 7.11 Å². The molecule has 0 aliphatic rings. The van der Waals surface area contributed by atoms with Gasteiger partial charge in [0.1, 0.15) is 5.75 Å². The van der Waals surface area contributed by atoms with Crippen molar-refractivity contribution in [2.75, 3.05) is 13.7 Å². The van der Waals surface area contributed by atoms with E-state index in [1.165, 1.54) is 36.1 Å². The van der Waals surface area contributed by atoms with Crippen molar-refractivity contribution >= 4 is 5.70 Å². The zero-order valence-electron chi connectivity index (χ0n) is 18.0. The number of rotatable bonds is 13. The Morgan fingerprint density at radius 2 is 1.83 bits per heavy atom. The van der Waals surface area contributed by atoms with Crippen molar-refractivity contribution in [1.29, 1.82) is 0 Å². The molecule has 0 radical (unpaired) electrons. The zero-order chi connectivity index (χ0) is 20.9. The van der Waals surface area contributed by atoms with Crippen molar-refractivity contribution in [3.8, 4) is 5.75 Å². The molecule has 3 N–H and O–H groups in total. The smallest absolute Gasteiger partial charge is 0.128 e. The lowest BCUT2D eigenvalue weighted by molar-refractivity contribution is 0.413. The first-order valence-corrected chi connectivity index (χ1v) is 10.7. The third-order valence-corrected chi connectivity index (χ3v) is 5.08. The van der Waals surface area contributed by atoms with Crippen molar-refractivity contribution in [3.05, 3.63) is 83.6 Å². The molecule has 156 valence electrons. The van der Waals surface area contributed by atoms with E-state index in [0.717, 1.165) is 43.5 Å². The summed E-state index contributed by atoms with van der Waals surface area (Å²) in [6, 6.07) is 16.9. The Bertz CT molecular complexity index is 781. The fourth-order valence-electron chi connectivity index (χ4n) is 3.47. The van der Waals surface area contributed by atoms with Crippen LogP contribution < -0.4 is 15.8 Å². The number of aryl methyl sites for hydroxylation is 2. The first-order chi connectivity index (χ1) is 14.1. The van der Waals surface area contributed by atoms with Gasteiger partial charge in [0.25, 0.3) is 0 Å². The molecule has 0 saturated heterocycles. The van der Waals surface area contributed by atoms with E-state index in [0.29, 0.717) is 5.70 Å². The lowest BCUT2D eigenvalue weighted by Crippen LogP contribution is -2.15. The van der Waals surface area contributed by atoms with Gasteiger partial charge in [-0.1, -0.05) is 62.4 Å². The fourth-order valence-corrected chi connectivity index (χ4v) is 3.47. The van der Waals surface area contributed by atoms with Crippen molar-refractivity contribution in [3.63, 3.8) is 0 Å². The molecule has 0 bridgehead atoms. The second-order valence-corrected chi connectivity index (χ2v) is 7.42. The molecule has 0 spiro atoms. The molecular formula is C26H36N2O. The van der Waals surface area contributed by atoms with Crippen LogP contribution in [0.4, 0.5) is 0 Å². The third kappa shape index (κ3) is 8.06. The zero-order valence-corrected chi connectivity index (χ0v) is 18.0. The average Bonchev–Trinajstić information content (AvgIpc) is 2.74. The fraction of sp³-hybridized carbons (Fsp3) is 0.385. The highest BCUT2D eigenvalue weighted by atomic mass is 16.5. The number of methoxy groups -OCH3 is 1. The van der Waals surface area contributed by atoms with Gasteiger partial charge in [-0.15, -0.1) is 0 Å². The number of benzene rings is 2. The normalized spacial score (nSPS) is 11.3. The number of nitrogens with two attached hydrogens (primary N) is 1. The molecule has 0 fully saturated rings. The summed E-state index contributed by atoms with van der Waals surface area (Å²) in [6.45, 7) is 7.08. The molecule has 0 aliphatic carbocycles. The van der Waals surface area contributed by atoms with Crippen LogP contribution >= 0.6 is 0 Å². The van der Waals surface area contributed by atoms with Crippen LogP contribution in [-0.4, -0.2) is 13.7 Å². The largest absolute Gasteiger partial charge is 0.496 e. The van der Waals surface area contributed by atoms with Crippen LogP contribution in [0.25, 0.3) is 5.70 Å². The molecule has 0 amide bonds. The number of unbranched alkanes of at least 4 members (excludes halogenated alkanes) is 2. The molecule has 29 heavy (non-hydrogen) atoms. The summed E-state index contributed by atoms with van der Waals surface area (Å²) in [5, 5.41) is 3.65. The minimum atomic E-state index is 0.554. The molecule has 0 heterocycles. The van der Waals surface area contributed by atoms with Crippen LogP contribution in [0.1, 0.15) is 55.7 Å². The summed E-state index contributed by atoms with van der Waals surface area (Å²) in [5.41, 5.74) is 11.4. The van der Waals surface area contributed by atoms with E-state index < -0.39 is 0 Å². The van der Waals surface area contributed by atoms with Gasteiger partial charge in [-0.25, -0.2) is 0 Å². The van der Waals surface area contributed by atoms with Gasteiger partial charge in [0.2, 0.25) is 0 Å². The molecule has 2 aromatic rings. The summed E-state index contributed by atoms with van der Waals surface area (Å²) in [5.74, 6) is 0.788. The van der Waals surface area contributed by atoms with E-state index in [1.807, 2.05) is 6.07 Å². The van der Waals surface area contributed by atoms with E-state index in [-0.39, 0.29) is 0 Å². The van der Waals surface area contributed by atoms with Gasteiger partial charge in [0, 0.05) is 23.5 Å². The predicted molar refractivity (Wildman–Crippen MR) is 125 cm³/mol. The van der Waals surface area contributed by atoms with Crippen LogP contribution in [-0.2, 0) is 12.8 Å². The van der Waals surface area contributed by atoms with E-state index in [2.05, 4.69) is 67.4 Å². The van der Waals surface area contributed by atoms with Crippen molar-refractivity contribution in [2.45, 2.75) is 51.9 Å². The summed E-state index contributed by atoms with van der Waals surface area (Å²) in [6.07, 6.45) is 10.2. The maximum absolute atomic E-state index is 5.88. The molecule has 2 rings (SSSR count). The maximum Gasteiger partial charge on any atom is 0.128 e. The quantitative estimate of drug-likeness (QED) is 0.420. The lowest BCUT2D eigenvalue weighted by Gasteiger charge is -2.12. The van der Waals surface area contributed by atoms with E-state index in [1.54, 1.807) is 7.11 Å². The summed E-state index contributed by atoms with van der Waals surface area (Å²) in [7, 11) is 1.66. The summed E-state index contributed by atoms with van der Waals surface area (Å²) in [4.78, 5) is 0. The Morgan fingerprint density at radius 1 is 1.03 bits per heavy atom. The minimum Gasteiger partial charge on any atom is -0.496 e. The maximum atomic E-state index is 5.88. The van der Waals surface area contributed by atoms with Gasteiger partial charge in [-0.2, -0.15) is 0 Å². The Morgan fingerprint density at radius 3 is 2.52 bits per heavy atom. The van der Waals surface area contributed by atoms with Gasteiger partial charge >= 0.3 is 0 Å². The molecule has 0 aliphatic heterocycles. The molecular weight excluding hydrogens is 356 g/mol. The number of hydrogen-bond donors (Lipinski definition) is 2. The number of ether oxygens (including phenoxy) is 1. The molecule has 0 saturated carbocycles. The number of allylic oxidation sites excluding steroid dienone is 2. The summed E-state index contributed by atoms with van der Waals surface area (Å²) < 4.78 is 5.36. The monoisotopic (exact) mass is 392 g/mol. The Labute approximate surface area is 176 Å². The van der Waals surface area contributed by atoms with Crippen molar-refractivity contribution < 1.29 is 4.74 Å². The van der Waals surface area contributed by atoms with Gasteiger partial charge < -0.3 is 15.8 Å². The van der Waals surface area contributed by atoms with Crippen LogP contribution in [0, 0.1) is 0 Å². The Balaban J connectivity index is 1.69. The Hall–Kier alpha value is -2.68. The molecule has 0 atom stereocenters. The lowest BCUT2D eigenvalue weighted by atomic mass is 10.0. The van der Waals surface area contributed by atoms with Crippen molar-refractivity contribution in [2.24, 2.45) is 5.73 Å². The number of nitrogens with one attached hydrogen (secondary N) is 1. The Kier molecular flexibility index (Phi) is 9.91. The second-order valence-electron chi connectivity index (χ2n) is 7.42. The summed E-state index contributed by atoms with van der Waals surface area (Å²) >= 11 is 0. The van der Waals surface area contributed by atoms with Crippen LogP contribution in [0.2, 0.25) is 0 Å². The van der Waals surface area contributed by atoms with Crippen LogP contribution in [0.3, 0.4) is 0 Å². The van der Waals surface area contributed by atoms with E-state index >= 15 is 0 Å². The van der Waals surface area contributed by atoms with Gasteiger partial charge in [-0.05, 0) is 61.8 Å².